The number of benzene rings is 2. The van der Waals surface area contributed by atoms with Gasteiger partial charge >= 0.3 is 0 Å². The van der Waals surface area contributed by atoms with E-state index >= 15 is 0 Å². The molecule has 0 aliphatic heterocycles. The summed E-state index contributed by atoms with van der Waals surface area (Å²) in [5.41, 5.74) is 7.61. The van der Waals surface area contributed by atoms with Gasteiger partial charge in [0.05, 0.1) is 6.04 Å². The fourth-order valence-corrected chi connectivity index (χ4v) is 4.12. The van der Waals surface area contributed by atoms with E-state index in [9.17, 15) is 9.59 Å². The molecule has 1 amide bonds. The van der Waals surface area contributed by atoms with Gasteiger partial charge in [-0.3, -0.25) is 14.2 Å². The molecule has 9 heteroatoms. The lowest BCUT2D eigenvalue weighted by Gasteiger charge is -2.21. The molecule has 0 aliphatic rings. The molecule has 5 aromatic rings. The van der Waals surface area contributed by atoms with E-state index in [0.29, 0.717) is 32.8 Å². The highest BCUT2D eigenvalue weighted by molar-refractivity contribution is 6.31. The van der Waals surface area contributed by atoms with Crippen LogP contribution in [0.1, 0.15) is 29.0 Å². The van der Waals surface area contributed by atoms with Crippen LogP contribution in [0, 0.1) is 0 Å². The van der Waals surface area contributed by atoms with E-state index in [2.05, 4.69) is 15.4 Å². The van der Waals surface area contributed by atoms with Crippen molar-refractivity contribution in [1.82, 2.24) is 24.5 Å². The minimum atomic E-state index is -0.549. The van der Waals surface area contributed by atoms with Gasteiger partial charge in [0.1, 0.15) is 5.56 Å². The highest BCUT2D eigenvalue weighted by Gasteiger charge is 2.23. The number of anilines is 1. The SMILES string of the molecule is C[C@H](NC(=O)c1c(N)nn2cccnc12)c1cc2cc(Cl)ccc2c(=O)n1-c1ccccc1. The summed E-state index contributed by atoms with van der Waals surface area (Å²) in [6.07, 6.45) is 3.23. The topological polar surface area (TPSA) is 107 Å². The van der Waals surface area contributed by atoms with Gasteiger partial charge in [0.2, 0.25) is 0 Å². The van der Waals surface area contributed by atoms with Crippen LogP contribution in [-0.2, 0) is 0 Å². The number of halogens is 1. The molecule has 3 N–H and O–H groups in total. The molecule has 0 unspecified atom stereocenters. The molecular weight excluding hydrogens is 440 g/mol. The standard InChI is InChI=1S/C24H19ClN6O2/c1-14(28-23(32)20-21(26)29-30-11-5-10-27-22(20)30)19-13-15-12-16(25)8-9-18(15)24(33)31(19)17-6-3-2-4-7-17/h2-14H,1H3,(H2,26,29)(H,28,32)/t14-/m0/s1. The van der Waals surface area contributed by atoms with Gasteiger partial charge in [0.15, 0.2) is 11.5 Å². The molecule has 2 aromatic carbocycles. The Morgan fingerprint density at radius 1 is 1.12 bits per heavy atom. The number of carbonyl (C=O) groups excluding carboxylic acids is 1. The van der Waals surface area contributed by atoms with Gasteiger partial charge in [0, 0.05) is 34.2 Å². The maximum atomic E-state index is 13.5. The van der Waals surface area contributed by atoms with Crippen molar-refractivity contribution < 1.29 is 4.79 Å². The Labute approximate surface area is 193 Å². The number of hydrogen-bond donors (Lipinski definition) is 2. The van der Waals surface area contributed by atoms with E-state index in [1.165, 1.54) is 4.52 Å². The highest BCUT2D eigenvalue weighted by atomic mass is 35.5. The summed E-state index contributed by atoms with van der Waals surface area (Å²) >= 11 is 6.18. The number of amides is 1. The smallest absolute Gasteiger partial charge is 0.263 e. The highest BCUT2D eigenvalue weighted by Crippen LogP contribution is 2.24. The summed E-state index contributed by atoms with van der Waals surface area (Å²) in [4.78, 5) is 30.9. The predicted octanol–water partition coefficient (Wildman–Crippen LogP) is 3.76. The third-order valence-corrected chi connectivity index (χ3v) is 5.70. The molecule has 0 radical (unpaired) electrons. The Morgan fingerprint density at radius 3 is 2.70 bits per heavy atom. The van der Waals surface area contributed by atoms with Gasteiger partial charge in [-0.1, -0.05) is 29.8 Å². The Hall–Kier alpha value is -4.17. The van der Waals surface area contributed by atoms with Gasteiger partial charge in [-0.15, -0.1) is 5.10 Å². The lowest BCUT2D eigenvalue weighted by Crippen LogP contribution is -2.32. The number of fused-ring (bicyclic) bond motifs is 2. The van der Waals surface area contributed by atoms with Crippen LogP contribution in [0.3, 0.4) is 0 Å². The number of para-hydroxylation sites is 1. The number of aromatic nitrogens is 4. The zero-order valence-electron chi connectivity index (χ0n) is 17.6. The minimum Gasteiger partial charge on any atom is -0.381 e. The Bertz CT molecular complexity index is 1580. The molecule has 1 atom stereocenters. The lowest BCUT2D eigenvalue weighted by atomic mass is 10.1. The number of nitrogens with two attached hydrogens (primary N) is 1. The summed E-state index contributed by atoms with van der Waals surface area (Å²) < 4.78 is 3.05. The van der Waals surface area contributed by atoms with E-state index in [1.54, 1.807) is 48.1 Å². The number of nitrogen functional groups attached to an aromatic ring is 1. The second-order valence-electron chi connectivity index (χ2n) is 7.62. The zero-order chi connectivity index (χ0) is 23.1. The van der Waals surface area contributed by atoms with Crippen molar-refractivity contribution >= 4 is 39.7 Å². The van der Waals surface area contributed by atoms with E-state index in [4.69, 9.17) is 17.3 Å². The Morgan fingerprint density at radius 2 is 1.91 bits per heavy atom. The van der Waals surface area contributed by atoms with Crippen LogP contribution in [0.5, 0.6) is 0 Å². The molecule has 0 fully saturated rings. The second-order valence-corrected chi connectivity index (χ2v) is 8.06. The predicted molar refractivity (Wildman–Crippen MR) is 128 cm³/mol. The number of carbonyl (C=O) groups is 1. The number of nitrogens with one attached hydrogen (secondary N) is 1. The lowest BCUT2D eigenvalue weighted by molar-refractivity contribution is 0.0941. The first kappa shape index (κ1) is 20.7. The van der Waals surface area contributed by atoms with Crippen molar-refractivity contribution in [1.29, 1.82) is 0 Å². The first-order valence-corrected chi connectivity index (χ1v) is 10.6. The minimum absolute atomic E-state index is 0.0733. The van der Waals surface area contributed by atoms with Gasteiger partial charge in [0.25, 0.3) is 11.5 Å². The quantitative estimate of drug-likeness (QED) is 0.426. The molecule has 0 bridgehead atoms. The van der Waals surface area contributed by atoms with E-state index in [-0.39, 0.29) is 16.9 Å². The van der Waals surface area contributed by atoms with Crippen LogP contribution in [-0.4, -0.2) is 25.1 Å². The van der Waals surface area contributed by atoms with E-state index < -0.39 is 11.9 Å². The van der Waals surface area contributed by atoms with Crippen LogP contribution < -0.4 is 16.6 Å². The van der Waals surface area contributed by atoms with Crippen LogP contribution >= 0.6 is 11.6 Å². The average Bonchev–Trinajstić information content (AvgIpc) is 3.15. The summed E-state index contributed by atoms with van der Waals surface area (Å²) in [5.74, 6) is -0.365. The van der Waals surface area contributed by atoms with Crippen molar-refractivity contribution in [3.8, 4) is 5.69 Å². The first-order chi connectivity index (χ1) is 15.9. The van der Waals surface area contributed by atoms with E-state index in [0.717, 1.165) is 0 Å². The molecule has 3 aromatic heterocycles. The Balaban J connectivity index is 1.63. The van der Waals surface area contributed by atoms with Crippen LogP contribution in [0.15, 0.2) is 77.9 Å². The molecule has 5 rings (SSSR count). The number of hydrogen-bond acceptors (Lipinski definition) is 5. The van der Waals surface area contributed by atoms with Crippen LogP contribution in [0.2, 0.25) is 5.02 Å². The number of nitrogens with zero attached hydrogens (tertiary/aromatic N) is 4. The van der Waals surface area contributed by atoms with Gasteiger partial charge in [-0.2, -0.15) is 0 Å². The molecular formula is C24H19ClN6O2. The van der Waals surface area contributed by atoms with Gasteiger partial charge in [-0.05, 0) is 54.8 Å². The fraction of sp³-hybridized carbons (Fsp3) is 0.0833. The second kappa shape index (κ2) is 8.07. The molecule has 164 valence electrons. The maximum Gasteiger partial charge on any atom is 0.263 e. The summed E-state index contributed by atoms with van der Waals surface area (Å²) in [7, 11) is 0. The average molecular weight is 459 g/mol. The molecule has 8 nitrogen and oxygen atoms in total. The molecule has 0 aliphatic carbocycles. The third kappa shape index (κ3) is 3.60. The van der Waals surface area contributed by atoms with Gasteiger partial charge < -0.3 is 11.1 Å². The summed E-state index contributed by atoms with van der Waals surface area (Å²) in [6.45, 7) is 1.80. The van der Waals surface area contributed by atoms with Crippen molar-refractivity contribution in [2.24, 2.45) is 0 Å². The van der Waals surface area contributed by atoms with Crippen molar-refractivity contribution in [3.05, 3.63) is 99.7 Å². The molecule has 3 heterocycles. The fourth-order valence-electron chi connectivity index (χ4n) is 3.94. The summed E-state index contributed by atoms with van der Waals surface area (Å²) in [5, 5.41) is 8.83. The Kier molecular flexibility index (Phi) is 5.07. The number of pyridine rings is 1. The van der Waals surface area contributed by atoms with Crippen molar-refractivity contribution in [2.75, 3.05) is 5.73 Å². The zero-order valence-corrected chi connectivity index (χ0v) is 18.3. The first-order valence-electron chi connectivity index (χ1n) is 10.2. The molecule has 33 heavy (non-hydrogen) atoms. The largest absolute Gasteiger partial charge is 0.381 e. The third-order valence-electron chi connectivity index (χ3n) is 5.46. The molecule has 0 spiro atoms. The van der Waals surface area contributed by atoms with E-state index in [1.807, 2.05) is 36.4 Å². The summed E-state index contributed by atoms with van der Waals surface area (Å²) in [6, 6.07) is 17.4. The monoisotopic (exact) mass is 458 g/mol. The van der Waals surface area contributed by atoms with Crippen molar-refractivity contribution in [2.45, 2.75) is 13.0 Å². The van der Waals surface area contributed by atoms with Crippen LogP contribution in [0.4, 0.5) is 5.82 Å². The molecule has 0 saturated heterocycles. The van der Waals surface area contributed by atoms with Crippen LogP contribution in [0.25, 0.3) is 22.1 Å². The number of rotatable bonds is 4. The van der Waals surface area contributed by atoms with Gasteiger partial charge in [-0.25, -0.2) is 9.50 Å². The normalized spacial score (nSPS) is 12.2. The maximum absolute atomic E-state index is 13.5. The van der Waals surface area contributed by atoms with Crippen molar-refractivity contribution in [3.63, 3.8) is 0 Å². The molecule has 0 saturated carbocycles.